The third-order valence-corrected chi connectivity index (χ3v) is 4.51. The molecule has 2 amide bonds. The maximum absolute atomic E-state index is 12.9. The maximum Gasteiger partial charge on any atom is 0.329 e. The van der Waals surface area contributed by atoms with Crippen molar-refractivity contribution < 1.29 is 19.1 Å². The third kappa shape index (κ3) is 3.58. The number of cyclic esters (lactones) is 1. The molecule has 6 nitrogen and oxygen atoms in total. The number of nitrogens with one attached hydrogen (secondary N) is 1. The number of ether oxygens (including phenoxy) is 1. The van der Waals surface area contributed by atoms with E-state index >= 15 is 0 Å². The number of rotatable bonds is 2. The van der Waals surface area contributed by atoms with E-state index in [0.717, 1.165) is 12.0 Å². The van der Waals surface area contributed by atoms with Gasteiger partial charge in [-0.15, -0.1) is 0 Å². The molecule has 1 aromatic rings. The van der Waals surface area contributed by atoms with Crippen molar-refractivity contribution in [1.82, 2.24) is 10.2 Å². The maximum atomic E-state index is 12.9. The molecule has 0 aromatic heterocycles. The average Bonchev–Trinajstić information content (AvgIpc) is 3.03. The average molecular weight is 330 g/mol. The van der Waals surface area contributed by atoms with E-state index in [2.05, 4.69) is 5.32 Å². The van der Waals surface area contributed by atoms with E-state index in [0.29, 0.717) is 19.4 Å². The lowest BCUT2D eigenvalue weighted by Crippen LogP contribution is -2.54. The first-order valence-corrected chi connectivity index (χ1v) is 8.39. The molecule has 3 rings (SSSR count). The Kier molecular flexibility index (Phi) is 4.83. The van der Waals surface area contributed by atoms with E-state index < -0.39 is 24.2 Å². The van der Waals surface area contributed by atoms with Crippen LogP contribution in [-0.2, 0) is 25.5 Å². The van der Waals surface area contributed by atoms with Crippen LogP contribution < -0.4 is 5.32 Å². The van der Waals surface area contributed by atoms with Gasteiger partial charge in [-0.05, 0) is 25.3 Å². The smallest absolute Gasteiger partial charge is 0.329 e. The molecule has 2 aliphatic rings. The molecule has 3 unspecified atom stereocenters. The highest BCUT2D eigenvalue weighted by molar-refractivity contribution is 5.92. The molecule has 3 atom stereocenters. The number of carbonyl (C=O) groups excluding carboxylic acids is 3. The Labute approximate surface area is 141 Å². The Bertz CT molecular complexity index is 631. The second-order valence-electron chi connectivity index (χ2n) is 6.45. The Morgan fingerprint density at radius 1 is 1.21 bits per heavy atom. The van der Waals surface area contributed by atoms with E-state index in [1.165, 1.54) is 0 Å². The van der Waals surface area contributed by atoms with E-state index in [1.54, 1.807) is 11.8 Å². The van der Waals surface area contributed by atoms with Gasteiger partial charge in [0.1, 0.15) is 18.2 Å². The number of esters is 1. The number of amides is 2. The summed E-state index contributed by atoms with van der Waals surface area (Å²) in [6, 6.07) is 8.38. The van der Waals surface area contributed by atoms with Crippen molar-refractivity contribution >= 4 is 17.8 Å². The molecule has 24 heavy (non-hydrogen) atoms. The minimum absolute atomic E-state index is 0.0665. The van der Waals surface area contributed by atoms with Crippen LogP contribution in [0, 0.1) is 0 Å². The summed E-state index contributed by atoms with van der Waals surface area (Å²) in [5.41, 5.74) is 0.972. The van der Waals surface area contributed by atoms with Crippen LogP contribution in [0.3, 0.4) is 0 Å². The lowest BCUT2D eigenvalue weighted by atomic mass is 10.0. The normalized spacial score (nSPS) is 28.1. The van der Waals surface area contributed by atoms with Crippen molar-refractivity contribution in [3.63, 3.8) is 0 Å². The molecule has 1 aromatic carbocycles. The summed E-state index contributed by atoms with van der Waals surface area (Å²) in [6.45, 7) is 2.22. The summed E-state index contributed by atoms with van der Waals surface area (Å²) in [6.07, 6.45) is 1.37. The van der Waals surface area contributed by atoms with Gasteiger partial charge in [-0.1, -0.05) is 30.3 Å². The molecule has 128 valence electrons. The first-order chi connectivity index (χ1) is 11.5. The number of hydrogen-bond donors (Lipinski definition) is 1. The van der Waals surface area contributed by atoms with E-state index in [4.69, 9.17) is 4.74 Å². The minimum atomic E-state index is -0.654. The Balaban J connectivity index is 1.86. The molecule has 0 aliphatic carbocycles. The molecule has 0 saturated carbocycles. The molecule has 1 N–H and O–H groups in total. The van der Waals surface area contributed by atoms with Crippen LogP contribution >= 0.6 is 0 Å². The molecule has 2 aliphatic heterocycles. The van der Waals surface area contributed by atoms with Crippen molar-refractivity contribution in [3.8, 4) is 0 Å². The van der Waals surface area contributed by atoms with Gasteiger partial charge in [0.25, 0.3) is 0 Å². The van der Waals surface area contributed by atoms with Gasteiger partial charge in [-0.2, -0.15) is 0 Å². The fourth-order valence-corrected chi connectivity index (χ4v) is 3.36. The van der Waals surface area contributed by atoms with Crippen molar-refractivity contribution in [2.45, 2.75) is 50.8 Å². The van der Waals surface area contributed by atoms with Gasteiger partial charge in [0.2, 0.25) is 11.8 Å². The summed E-state index contributed by atoms with van der Waals surface area (Å²) < 4.78 is 5.32. The number of benzene rings is 1. The summed E-state index contributed by atoms with van der Waals surface area (Å²) in [7, 11) is 0. The molecular formula is C18H22N2O4. The monoisotopic (exact) mass is 330 g/mol. The summed E-state index contributed by atoms with van der Waals surface area (Å²) >= 11 is 0. The SMILES string of the molecule is CC1CC(=O)NC(Cc2ccccc2)C(=O)N2CCCC2C(=O)O1. The topological polar surface area (TPSA) is 75.7 Å². The first-order valence-electron chi connectivity index (χ1n) is 8.39. The van der Waals surface area contributed by atoms with Crippen molar-refractivity contribution in [1.29, 1.82) is 0 Å². The quantitative estimate of drug-likeness (QED) is 0.822. The molecule has 0 bridgehead atoms. The highest BCUT2D eigenvalue weighted by atomic mass is 16.5. The molecular weight excluding hydrogens is 308 g/mol. The Morgan fingerprint density at radius 2 is 1.96 bits per heavy atom. The number of nitrogens with zero attached hydrogens (tertiary/aromatic N) is 1. The van der Waals surface area contributed by atoms with Crippen LogP contribution in [0.25, 0.3) is 0 Å². The predicted octanol–water partition coefficient (Wildman–Crippen LogP) is 1.04. The zero-order chi connectivity index (χ0) is 17.1. The van der Waals surface area contributed by atoms with Crippen LogP contribution in [0.2, 0.25) is 0 Å². The van der Waals surface area contributed by atoms with Gasteiger partial charge in [-0.25, -0.2) is 4.79 Å². The molecule has 2 fully saturated rings. The van der Waals surface area contributed by atoms with Crippen LogP contribution in [-0.4, -0.2) is 47.4 Å². The van der Waals surface area contributed by atoms with E-state index in [9.17, 15) is 14.4 Å². The number of fused-ring (bicyclic) bond motifs is 1. The number of hydrogen-bond acceptors (Lipinski definition) is 4. The predicted molar refractivity (Wildman–Crippen MR) is 87.0 cm³/mol. The molecule has 6 heteroatoms. The largest absolute Gasteiger partial charge is 0.461 e. The highest BCUT2D eigenvalue weighted by Gasteiger charge is 2.40. The fraction of sp³-hybridized carbons (Fsp3) is 0.500. The van der Waals surface area contributed by atoms with Crippen LogP contribution in [0.1, 0.15) is 31.7 Å². The molecule has 0 spiro atoms. The fourth-order valence-electron chi connectivity index (χ4n) is 3.36. The van der Waals surface area contributed by atoms with E-state index in [-0.39, 0.29) is 18.2 Å². The van der Waals surface area contributed by atoms with Gasteiger partial charge in [-0.3, -0.25) is 9.59 Å². The second kappa shape index (κ2) is 7.03. The van der Waals surface area contributed by atoms with Crippen LogP contribution in [0.15, 0.2) is 30.3 Å². The van der Waals surface area contributed by atoms with Gasteiger partial charge in [0, 0.05) is 13.0 Å². The molecule has 2 saturated heterocycles. The highest BCUT2D eigenvalue weighted by Crippen LogP contribution is 2.22. The lowest BCUT2D eigenvalue weighted by molar-refractivity contribution is -0.160. The summed E-state index contributed by atoms with van der Waals surface area (Å²) in [4.78, 5) is 39.0. The number of carbonyl (C=O) groups is 3. The van der Waals surface area contributed by atoms with Gasteiger partial charge < -0.3 is 15.0 Å². The van der Waals surface area contributed by atoms with Crippen molar-refractivity contribution in [2.75, 3.05) is 6.54 Å². The second-order valence-corrected chi connectivity index (χ2v) is 6.45. The summed E-state index contributed by atoms with van der Waals surface area (Å²) in [5, 5.41) is 2.82. The zero-order valence-electron chi connectivity index (χ0n) is 13.7. The third-order valence-electron chi connectivity index (χ3n) is 4.51. The zero-order valence-corrected chi connectivity index (χ0v) is 13.7. The van der Waals surface area contributed by atoms with Crippen molar-refractivity contribution in [2.24, 2.45) is 0 Å². The van der Waals surface area contributed by atoms with Gasteiger partial charge in [0.15, 0.2) is 0 Å². The standard InChI is InChI=1S/C18H22N2O4/c1-12-10-16(21)19-14(11-13-6-3-2-4-7-13)17(22)20-9-5-8-15(20)18(23)24-12/h2-4,6-7,12,14-15H,5,8-11H2,1H3,(H,19,21). The Hall–Kier alpha value is -2.37. The van der Waals surface area contributed by atoms with Crippen LogP contribution in [0.5, 0.6) is 0 Å². The van der Waals surface area contributed by atoms with Crippen molar-refractivity contribution in [3.05, 3.63) is 35.9 Å². The van der Waals surface area contributed by atoms with Gasteiger partial charge in [0.05, 0.1) is 6.42 Å². The van der Waals surface area contributed by atoms with E-state index in [1.807, 2.05) is 30.3 Å². The summed E-state index contributed by atoms with van der Waals surface area (Å²) in [5.74, 6) is -0.884. The first kappa shape index (κ1) is 16.5. The van der Waals surface area contributed by atoms with Gasteiger partial charge >= 0.3 is 5.97 Å². The molecule has 0 radical (unpaired) electrons. The molecule has 2 heterocycles. The Morgan fingerprint density at radius 3 is 2.71 bits per heavy atom. The lowest BCUT2D eigenvalue weighted by Gasteiger charge is -2.30. The van der Waals surface area contributed by atoms with Crippen LogP contribution in [0.4, 0.5) is 0 Å². The minimum Gasteiger partial charge on any atom is -0.461 e.